The molecule has 1 heterocycles. The number of rotatable bonds is 5. The quantitative estimate of drug-likeness (QED) is 0.880. The van der Waals surface area contributed by atoms with Crippen molar-refractivity contribution in [2.75, 3.05) is 0 Å². The van der Waals surface area contributed by atoms with E-state index in [0.717, 1.165) is 11.4 Å². The van der Waals surface area contributed by atoms with Crippen LogP contribution in [0.15, 0.2) is 30.3 Å². The average Bonchev–Trinajstić information content (AvgIpc) is 3.46. The molecule has 0 bridgehead atoms. The van der Waals surface area contributed by atoms with E-state index in [1.807, 2.05) is 30.5 Å². The Balaban J connectivity index is 1.63. The Hall–Kier alpha value is -2.10. The monoisotopic (exact) mass is 326 g/mol. The van der Waals surface area contributed by atoms with E-state index >= 15 is 0 Å². The van der Waals surface area contributed by atoms with Gasteiger partial charge in [-0.3, -0.25) is 4.79 Å². The summed E-state index contributed by atoms with van der Waals surface area (Å²) >= 11 is 0. The lowest BCUT2D eigenvalue weighted by Crippen LogP contribution is -2.38. The van der Waals surface area contributed by atoms with Gasteiger partial charge in [-0.05, 0) is 69.6 Å². The van der Waals surface area contributed by atoms with Crippen LogP contribution < -0.4 is 5.32 Å². The summed E-state index contributed by atoms with van der Waals surface area (Å²) in [5, 5.41) is 3.26. The molecule has 2 saturated carbocycles. The Kier molecular flexibility index (Phi) is 3.70. The van der Waals surface area contributed by atoms with Gasteiger partial charge < -0.3 is 9.88 Å². The number of aryl methyl sites for hydroxylation is 1. The molecule has 4 heteroatoms. The van der Waals surface area contributed by atoms with Crippen molar-refractivity contribution in [3.05, 3.63) is 53.1 Å². The molecule has 2 aliphatic rings. The number of carbonyl (C=O) groups excluding carboxylic acids is 1. The van der Waals surface area contributed by atoms with Gasteiger partial charge in [-0.25, -0.2) is 4.39 Å². The maximum atomic E-state index is 14.2. The number of aromatic nitrogens is 1. The first-order valence-corrected chi connectivity index (χ1v) is 8.81. The second-order valence-electron chi connectivity index (χ2n) is 7.25. The number of nitrogens with one attached hydrogen (secondary N) is 1. The highest BCUT2D eigenvalue weighted by atomic mass is 19.1. The first kappa shape index (κ1) is 15.4. The molecule has 126 valence electrons. The molecule has 0 radical (unpaired) electrons. The number of carbonyl (C=O) groups is 1. The molecule has 4 rings (SSSR count). The lowest BCUT2D eigenvalue weighted by molar-refractivity contribution is 0.0925. The van der Waals surface area contributed by atoms with Crippen molar-refractivity contribution >= 4 is 5.91 Å². The van der Waals surface area contributed by atoms with Gasteiger partial charge >= 0.3 is 0 Å². The maximum Gasteiger partial charge on any atom is 0.253 e. The zero-order valence-corrected chi connectivity index (χ0v) is 14.2. The summed E-state index contributed by atoms with van der Waals surface area (Å²) in [5.41, 5.74) is 2.81. The molecule has 0 spiro atoms. The minimum absolute atomic E-state index is 0.0190. The largest absolute Gasteiger partial charge is 0.349 e. The summed E-state index contributed by atoms with van der Waals surface area (Å²) in [7, 11) is 0. The van der Waals surface area contributed by atoms with Crippen molar-refractivity contribution in [1.29, 1.82) is 0 Å². The van der Waals surface area contributed by atoms with Crippen molar-refractivity contribution in [3.63, 3.8) is 0 Å². The zero-order valence-electron chi connectivity index (χ0n) is 14.2. The number of halogens is 1. The smallest absolute Gasteiger partial charge is 0.253 e. The fourth-order valence-corrected chi connectivity index (χ4v) is 3.76. The minimum atomic E-state index is -0.278. The first-order valence-electron chi connectivity index (χ1n) is 8.81. The Bertz CT molecular complexity index is 775. The Morgan fingerprint density at radius 1 is 1.17 bits per heavy atom. The van der Waals surface area contributed by atoms with Gasteiger partial charge in [0.25, 0.3) is 5.91 Å². The molecule has 0 aliphatic heterocycles. The van der Waals surface area contributed by atoms with Gasteiger partial charge in [0.2, 0.25) is 0 Å². The molecule has 1 aromatic heterocycles. The van der Waals surface area contributed by atoms with Crippen molar-refractivity contribution in [3.8, 4) is 5.69 Å². The number of amides is 1. The highest BCUT2D eigenvalue weighted by molar-refractivity contribution is 5.96. The minimum Gasteiger partial charge on any atom is -0.349 e. The molecular weight excluding hydrogens is 303 g/mol. The van der Waals surface area contributed by atoms with Crippen molar-refractivity contribution in [2.45, 2.75) is 45.6 Å². The molecular formula is C20H23FN2O. The van der Waals surface area contributed by atoms with E-state index in [0.29, 0.717) is 29.1 Å². The number of nitrogens with zero attached hydrogens (tertiary/aromatic N) is 1. The van der Waals surface area contributed by atoms with Gasteiger partial charge in [0, 0.05) is 17.4 Å². The molecule has 1 N–H and O–H groups in total. The Morgan fingerprint density at radius 3 is 2.38 bits per heavy atom. The highest BCUT2D eigenvalue weighted by Crippen LogP contribution is 2.44. The average molecular weight is 326 g/mol. The molecule has 0 unspecified atom stereocenters. The summed E-state index contributed by atoms with van der Waals surface area (Å²) in [6.07, 6.45) is 4.93. The molecule has 24 heavy (non-hydrogen) atoms. The van der Waals surface area contributed by atoms with Gasteiger partial charge in [-0.15, -0.1) is 0 Å². The highest BCUT2D eigenvalue weighted by Gasteiger charge is 2.42. The van der Waals surface area contributed by atoms with Crippen LogP contribution in [0.3, 0.4) is 0 Å². The van der Waals surface area contributed by atoms with Crippen molar-refractivity contribution in [2.24, 2.45) is 11.8 Å². The third kappa shape index (κ3) is 2.74. The van der Waals surface area contributed by atoms with Crippen LogP contribution in [-0.4, -0.2) is 16.5 Å². The number of hydrogen-bond donors (Lipinski definition) is 1. The normalized spacial score (nSPS) is 17.3. The molecule has 0 atom stereocenters. The SMILES string of the molecule is Cc1cc(C(=O)NC(C2CC2)C2CC2)c(C)n1-c1ccccc1F. The van der Waals surface area contributed by atoms with Crippen molar-refractivity contribution < 1.29 is 9.18 Å². The lowest BCUT2D eigenvalue weighted by atomic mass is 10.1. The van der Waals surface area contributed by atoms with E-state index in [1.165, 1.54) is 31.7 Å². The van der Waals surface area contributed by atoms with Gasteiger partial charge in [0.15, 0.2) is 0 Å². The zero-order chi connectivity index (χ0) is 16.8. The van der Waals surface area contributed by atoms with E-state index in [2.05, 4.69) is 5.32 Å². The standard InChI is InChI=1S/C20H23FN2O/c1-12-11-16(13(2)23(12)18-6-4-3-5-17(18)21)20(24)22-19(14-7-8-14)15-9-10-15/h3-6,11,14-15,19H,7-10H2,1-2H3,(H,22,24). The number of para-hydroxylation sites is 1. The molecule has 0 saturated heterocycles. The van der Waals surface area contributed by atoms with E-state index in [-0.39, 0.29) is 11.7 Å². The third-order valence-electron chi connectivity index (χ3n) is 5.33. The van der Waals surface area contributed by atoms with Crippen LogP contribution in [0, 0.1) is 31.5 Å². The number of benzene rings is 1. The van der Waals surface area contributed by atoms with Crippen LogP contribution in [0.4, 0.5) is 4.39 Å². The second kappa shape index (κ2) is 5.76. The van der Waals surface area contributed by atoms with E-state index in [1.54, 1.807) is 12.1 Å². The van der Waals surface area contributed by atoms with Crippen LogP contribution in [-0.2, 0) is 0 Å². The van der Waals surface area contributed by atoms with Crippen LogP contribution in [0.1, 0.15) is 47.4 Å². The Labute approximate surface area is 141 Å². The summed E-state index contributed by atoms with van der Waals surface area (Å²) in [5.74, 6) is 1.03. The fourth-order valence-electron chi connectivity index (χ4n) is 3.76. The number of hydrogen-bond acceptors (Lipinski definition) is 1. The van der Waals surface area contributed by atoms with Crippen LogP contribution in [0.25, 0.3) is 5.69 Å². The van der Waals surface area contributed by atoms with Gasteiger partial charge in [-0.1, -0.05) is 12.1 Å². The third-order valence-corrected chi connectivity index (χ3v) is 5.33. The summed E-state index contributed by atoms with van der Waals surface area (Å²) in [6, 6.07) is 8.88. The van der Waals surface area contributed by atoms with Gasteiger partial charge in [0.1, 0.15) is 5.82 Å². The molecule has 2 aliphatic carbocycles. The summed E-state index contributed by atoms with van der Waals surface area (Å²) < 4.78 is 16.0. The predicted molar refractivity (Wildman–Crippen MR) is 91.9 cm³/mol. The fraction of sp³-hybridized carbons (Fsp3) is 0.450. The van der Waals surface area contributed by atoms with E-state index in [9.17, 15) is 9.18 Å². The van der Waals surface area contributed by atoms with Crippen LogP contribution >= 0.6 is 0 Å². The molecule has 2 fully saturated rings. The lowest BCUT2D eigenvalue weighted by Gasteiger charge is -2.18. The van der Waals surface area contributed by atoms with E-state index in [4.69, 9.17) is 0 Å². The van der Waals surface area contributed by atoms with Crippen molar-refractivity contribution in [1.82, 2.24) is 9.88 Å². The summed E-state index contributed by atoms with van der Waals surface area (Å²) in [6.45, 7) is 3.80. The van der Waals surface area contributed by atoms with Gasteiger partial charge in [-0.2, -0.15) is 0 Å². The predicted octanol–water partition coefficient (Wildman–Crippen LogP) is 4.15. The first-order chi connectivity index (χ1) is 11.6. The van der Waals surface area contributed by atoms with Gasteiger partial charge in [0.05, 0.1) is 11.3 Å². The second-order valence-corrected chi connectivity index (χ2v) is 7.25. The topological polar surface area (TPSA) is 34.0 Å². The molecule has 3 nitrogen and oxygen atoms in total. The van der Waals surface area contributed by atoms with Crippen LogP contribution in [0.5, 0.6) is 0 Å². The molecule has 1 amide bonds. The van der Waals surface area contributed by atoms with Crippen LogP contribution in [0.2, 0.25) is 0 Å². The molecule has 1 aromatic carbocycles. The summed E-state index contributed by atoms with van der Waals surface area (Å²) in [4.78, 5) is 12.8. The Morgan fingerprint density at radius 2 is 1.79 bits per heavy atom. The maximum absolute atomic E-state index is 14.2. The van der Waals surface area contributed by atoms with E-state index < -0.39 is 0 Å². The molecule has 2 aromatic rings.